The van der Waals surface area contributed by atoms with Gasteiger partial charge in [-0.1, -0.05) is 32.0 Å². The van der Waals surface area contributed by atoms with E-state index in [1.807, 2.05) is 31.4 Å². The molecule has 0 aliphatic heterocycles. The van der Waals surface area contributed by atoms with Gasteiger partial charge in [0.25, 0.3) is 5.91 Å². The SMILES string of the molecule is CC(C)[C@@H](NC(=O)Cc1cccs1)C(=O)N/N=C\c1cccc(OCC(=O)O)c1. The van der Waals surface area contributed by atoms with Gasteiger partial charge in [-0.2, -0.15) is 5.10 Å². The number of carboxylic acids is 1. The number of benzene rings is 1. The Bertz CT molecular complexity index is 865. The first-order valence-corrected chi connectivity index (χ1v) is 9.82. The lowest BCUT2D eigenvalue weighted by Gasteiger charge is -2.20. The molecule has 0 bridgehead atoms. The molecule has 0 aliphatic rings. The molecule has 0 aliphatic carbocycles. The van der Waals surface area contributed by atoms with Crippen LogP contribution in [0.4, 0.5) is 0 Å². The average molecular weight is 417 g/mol. The van der Waals surface area contributed by atoms with Crippen LogP contribution in [-0.2, 0) is 20.8 Å². The lowest BCUT2D eigenvalue weighted by Crippen LogP contribution is -2.49. The van der Waals surface area contributed by atoms with Gasteiger partial charge in [0, 0.05) is 4.88 Å². The number of carboxylic acid groups (broad SMARTS) is 1. The summed E-state index contributed by atoms with van der Waals surface area (Å²) in [5, 5.41) is 17.2. The van der Waals surface area contributed by atoms with E-state index < -0.39 is 24.5 Å². The molecule has 0 saturated heterocycles. The molecule has 2 amide bonds. The highest BCUT2D eigenvalue weighted by Crippen LogP contribution is 2.12. The zero-order chi connectivity index (χ0) is 21.2. The molecule has 1 aromatic carbocycles. The summed E-state index contributed by atoms with van der Waals surface area (Å²) >= 11 is 1.49. The molecule has 154 valence electrons. The van der Waals surface area contributed by atoms with Crippen LogP contribution in [0.25, 0.3) is 0 Å². The molecule has 1 aromatic heterocycles. The van der Waals surface area contributed by atoms with Crippen molar-refractivity contribution in [3.8, 4) is 5.75 Å². The second kappa shape index (κ2) is 11.0. The summed E-state index contributed by atoms with van der Waals surface area (Å²) in [5.41, 5.74) is 3.05. The third-order valence-electron chi connectivity index (χ3n) is 3.79. The van der Waals surface area contributed by atoms with Crippen LogP contribution in [0, 0.1) is 5.92 Å². The quantitative estimate of drug-likeness (QED) is 0.404. The van der Waals surface area contributed by atoms with Crippen molar-refractivity contribution < 1.29 is 24.2 Å². The molecule has 2 rings (SSSR count). The van der Waals surface area contributed by atoms with Gasteiger partial charge in [0.2, 0.25) is 5.91 Å². The molecule has 8 nitrogen and oxygen atoms in total. The Labute approximate surface area is 172 Å². The molecule has 0 saturated carbocycles. The first-order valence-electron chi connectivity index (χ1n) is 8.94. The van der Waals surface area contributed by atoms with Crippen LogP contribution >= 0.6 is 11.3 Å². The number of rotatable bonds is 10. The normalized spacial score (nSPS) is 12.0. The van der Waals surface area contributed by atoms with E-state index in [9.17, 15) is 14.4 Å². The zero-order valence-corrected chi connectivity index (χ0v) is 16.9. The molecule has 2 aromatic rings. The predicted molar refractivity (Wildman–Crippen MR) is 110 cm³/mol. The van der Waals surface area contributed by atoms with Gasteiger partial charge >= 0.3 is 5.97 Å². The molecule has 0 radical (unpaired) electrons. The van der Waals surface area contributed by atoms with Gasteiger partial charge in [0.1, 0.15) is 11.8 Å². The molecule has 0 fully saturated rings. The highest BCUT2D eigenvalue weighted by atomic mass is 32.1. The molecule has 1 heterocycles. The number of hydrazone groups is 1. The Kier molecular flexibility index (Phi) is 8.35. The van der Waals surface area contributed by atoms with Gasteiger partial charge in [0.05, 0.1) is 12.6 Å². The summed E-state index contributed by atoms with van der Waals surface area (Å²) in [7, 11) is 0. The van der Waals surface area contributed by atoms with Gasteiger partial charge in [0.15, 0.2) is 6.61 Å². The molecule has 29 heavy (non-hydrogen) atoms. The number of hydrogen-bond donors (Lipinski definition) is 3. The summed E-state index contributed by atoms with van der Waals surface area (Å²) in [6.07, 6.45) is 1.64. The Morgan fingerprint density at radius 2 is 2.03 bits per heavy atom. The van der Waals surface area contributed by atoms with E-state index in [0.717, 1.165) is 4.88 Å². The van der Waals surface area contributed by atoms with E-state index in [4.69, 9.17) is 9.84 Å². The number of ether oxygens (including phenoxy) is 1. The Balaban J connectivity index is 1.91. The number of thiophene rings is 1. The first kappa shape index (κ1) is 22.1. The first-order chi connectivity index (χ1) is 13.8. The van der Waals surface area contributed by atoms with Crippen molar-refractivity contribution in [2.24, 2.45) is 11.0 Å². The van der Waals surface area contributed by atoms with Crippen LogP contribution in [0.2, 0.25) is 0 Å². The number of aliphatic carboxylic acids is 1. The molecule has 0 unspecified atom stereocenters. The Hall–Kier alpha value is -3.20. The van der Waals surface area contributed by atoms with Crippen molar-refractivity contribution in [2.45, 2.75) is 26.3 Å². The van der Waals surface area contributed by atoms with Gasteiger partial charge in [-0.3, -0.25) is 9.59 Å². The van der Waals surface area contributed by atoms with E-state index >= 15 is 0 Å². The fourth-order valence-corrected chi connectivity index (χ4v) is 3.10. The summed E-state index contributed by atoms with van der Waals surface area (Å²) < 4.78 is 5.10. The smallest absolute Gasteiger partial charge is 0.341 e. The topological polar surface area (TPSA) is 117 Å². The third-order valence-corrected chi connectivity index (χ3v) is 4.67. The summed E-state index contributed by atoms with van der Waals surface area (Å²) in [4.78, 5) is 36.1. The van der Waals surface area contributed by atoms with Crippen molar-refractivity contribution in [2.75, 3.05) is 6.61 Å². The van der Waals surface area contributed by atoms with E-state index in [2.05, 4.69) is 15.8 Å². The maximum atomic E-state index is 12.4. The number of nitrogens with zero attached hydrogens (tertiary/aromatic N) is 1. The minimum Gasteiger partial charge on any atom is -0.482 e. The third kappa shape index (κ3) is 7.74. The number of hydrogen-bond acceptors (Lipinski definition) is 6. The summed E-state index contributed by atoms with van der Waals surface area (Å²) in [6.45, 7) is 3.23. The maximum Gasteiger partial charge on any atom is 0.341 e. The fourth-order valence-electron chi connectivity index (χ4n) is 2.40. The summed E-state index contributed by atoms with van der Waals surface area (Å²) in [5.74, 6) is -1.46. The lowest BCUT2D eigenvalue weighted by atomic mass is 10.0. The number of carbonyl (C=O) groups excluding carboxylic acids is 2. The van der Waals surface area contributed by atoms with Crippen LogP contribution in [0.3, 0.4) is 0 Å². The highest BCUT2D eigenvalue weighted by molar-refractivity contribution is 7.10. The second-order valence-electron chi connectivity index (χ2n) is 6.53. The fraction of sp³-hybridized carbons (Fsp3) is 0.300. The van der Waals surface area contributed by atoms with E-state index in [0.29, 0.717) is 11.3 Å². The van der Waals surface area contributed by atoms with Crippen molar-refractivity contribution >= 4 is 35.3 Å². The average Bonchev–Trinajstić information content (AvgIpc) is 3.17. The van der Waals surface area contributed by atoms with Crippen LogP contribution in [0.15, 0.2) is 46.9 Å². The van der Waals surface area contributed by atoms with Crippen LogP contribution < -0.4 is 15.5 Å². The predicted octanol–water partition coefficient (Wildman–Crippen LogP) is 2.05. The summed E-state index contributed by atoms with van der Waals surface area (Å²) in [6, 6.07) is 9.65. The highest BCUT2D eigenvalue weighted by Gasteiger charge is 2.24. The van der Waals surface area contributed by atoms with Crippen molar-refractivity contribution in [1.82, 2.24) is 10.7 Å². The maximum absolute atomic E-state index is 12.4. The van der Waals surface area contributed by atoms with Crippen LogP contribution in [0.5, 0.6) is 5.75 Å². The minimum atomic E-state index is -1.07. The standard InChI is InChI=1S/C20H23N3O5S/c1-13(2)19(22-17(24)10-16-7-4-8-29-16)20(27)23-21-11-14-5-3-6-15(9-14)28-12-18(25)26/h3-9,11,13,19H,10,12H2,1-2H3,(H,22,24)(H,23,27)(H,25,26)/b21-11-/t19-/m1/s1. The van der Waals surface area contributed by atoms with Crippen molar-refractivity contribution in [1.29, 1.82) is 0 Å². The number of amides is 2. The molecular formula is C20H23N3O5S. The van der Waals surface area contributed by atoms with Crippen LogP contribution in [-0.4, -0.2) is 41.8 Å². The van der Waals surface area contributed by atoms with E-state index in [-0.39, 0.29) is 18.2 Å². The minimum absolute atomic E-state index is 0.120. The number of nitrogens with one attached hydrogen (secondary N) is 2. The van der Waals surface area contributed by atoms with Gasteiger partial charge in [-0.05, 0) is 35.1 Å². The molecule has 9 heteroatoms. The van der Waals surface area contributed by atoms with Gasteiger partial charge in [-0.25, -0.2) is 10.2 Å². The zero-order valence-electron chi connectivity index (χ0n) is 16.1. The van der Waals surface area contributed by atoms with E-state index in [1.54, 1.807) is 24.3 Å². The van der Waals surface area contributed by atoms with E-state index in [1.165, 1.54) is 17.6 Å². The number of carbonyl (C=O) groups is 3. The van der Waals surface area contributed by atoms with Crippen molar-refractivity contribution in [3.05, 3.63) is 52.2 Å². The largest absolute Gasteiger partial charge is 0.482 e. The monoisotopic (exact) mass is 417 g/mol. The Morgan fingerprint density at radius 1 is 1.24 bits per heavy atom. The van der Waals surface area contributed by atoms with Crippen LogP contribution in [0.1, 0.15) is 24.3 Å². The Morgan fingerprint density at radius 3 is 2.69 bits per heavy atom. The van der Waals surface area contributed by atoms with Crippen molar-refractivity contribution in [3.63, 3.8) is 0 Å². The van der Waals surface area contributed by atoms with Gasteiger partial charge < -0.3 is 15.2 Å². The second-order valence-corrected chi connectivity index (χ2v) is 7.57. The lowest BCUT2D eigenvalue weighted by molar-refractivity contribution is -0.139. The molecule has 0 spiro atoms. The molecule has 3 N–H and O–H groups in total. The van der Waals surface area contributed by atoms with Gasteiger partial charge in [-0.15, -0.1) is 11.3 Å². The molecular weight excluding hydrogens is 394 g/mol. The molecule has 1 atom stereocenters.